The topological polar surface area (TPSA) is 103 Å². The molecule has 0 saturated heterocycles. The van der Waals surface area contributed by atoms with Gasteiger partial charge >= 0.3 is 0 Å². The van der Waals surface area contributed by atoms with Crippen LogP contribution in [-0.4, -0.2) is 29.6 Å². The number of pyridine rings is 1. The summed E-state index contributed by atoms with van der Waals surface area (Å²) >= 11 is 9.78. The first-order valence-corrected chi connectivity index (χ1v) is 12.0. The number of aromatic nitrogens is 5. The summed E-state index contributed by atoms with van der Waals surface area (Å²) in [6.45, 7) is 6.64. The number of ether oxygens (including phenoxy) is 1. The van der Waals surface area contributed by atoms with E-state index in [1.807, 2.05) is 6.92 Å². The van der Waals surface area contributed by atoms with Gasteiger partial charge in [0.15, 0.2) is 5.82 Å². The Balaban J connectivity index is 1.75. The molecule has 4 rings (SSSR count). The SMILES string of the molecule is Cc1cnc(C(C)(C)O)nc1-c1ccc(Cl)c(-n2c(C)nc(OCc3cccc(F)n3)c(Br)c2=O)c1. The van der Waals surface area contributed by atoms with Gasteiger partial charge < -0.3 is 9.84 Å². The summed E-state index contributed by atoms with van der Waals surface area (Å²) in [6.07, 6.45) is 1.64. The molecule has 8 nitrogen and oxygen atoms in total. The molecule has 0 radical (unpaired) electrons. The predicted octanol–water partition coefficient (Wildman–Crippen LogP) is 5.06. The fourth-order valence-corrected chi connectivity index (χ4v) is 4.08. The third kappa shape index (κ3) is 5.30. The van der Waals surface area contributed by atoms with E-state index in [0.29, 0.717) is 33.5 Å². The number of benzene rings is 1. The molecule has 3 heterocycles. The van der Waals surface area contributed by atoms with Crippen LogP contribution >= 0.6 is 27.5 Å². The summed E-state index contributed by atoms with van der Waals surface area (Å²) in [5.41, 5.74) is 1.14. The Bertz CT molecular complexity index is 1520. The Labute approximate surface area is 220 Å². The highest BCUT2D eigenvalue weighted by Crippen LogP contribution is 2.31. The largest absolute Gasteiger partial charge is 0.470 e. The van der Waals surface area contributed by atoms with Gasteiger partial charge in [-0.15, -0.1) is 0 Å². The number of hydrogen-bond donors (Lipinski definition) is 1. The molecule has 0 fully saturated rings. The lowest BCUT2D eigenvalue weighted by Crippen LogP contribution is -2.24. The maximum Gasteiger partial charge on any atom is 0.276 e. The molecule has 3 aromatic heterocycles. The lowest BCUT2D eigenvalue weighted by molar-refractivity contribution is 0.0688. The first-order chi connectivity index (χ1) is 17.0. The second kappa shape index (κ2) is 10.0. The number of rotatable bonds is 6. The first kappa shape index (κ1) is 25.9. The van der Waals surface area contributed by atoms with Gasteiger partial charge in [0, 0.05) is 11.8 Å². The van der Waals surface area contributed by atoms with Gasteiger partial charge in [0.05, 0.1) is 22.1 Å². The monoisotopic (exact) mass is 573 g/mol. The summed E-state index contributed by atoms with van der Waals surface area (Å²) in [7, 11) is 0. The van der Waals surface area contributed by atoms with Gasteiger partial charge in [-0.3, -0.25) is 9.36 Å². The lowest BCUT2D eigenvalue weighted by atomic mass is 10.0. The average molecular weight is 575 g/mol. The van der Waals surface area contributed by atoms with Crippen LogP contribution in [0.5, 0.6) is 5.88 Å². The van der Waals surface area contributed by atoms with Crippen LogP contribution in [0.3, 0.4) is 0 Å². The zero-order chi connectivity index (χ0) is 26.2. The Hall–Kier alpha value is -3.21. The molecule has 0 bridgehead atoms. The van der Waals surface area contributed by atoms with E-state index in [1.54, 1.807) is 51.2 Å². The third-order valence-electron chi connectivity index (χ3n) is 5.27. The molecule has 0 aliphatic heterocycles. The molecule has 1 N–H and O–H groups in total. The second-order valence-corrected chi connectivity index (χ2v) is 9.81. The molecular formula is C25H22BrClFN5O3. The normalized spacial score (nSPS) is 11.6. The van der Waals surface area contributed by atoms with Crippen molar-refractivity contribution in [1.82, 2.24) is 24.5 Å². The van der Waals surface area contributed by atoms with Crippen molar-refractivity contribution in [2.24, 2.45) is 0 Å². The van der Waals surface area contributed by atoms with E-state index >= 15 is 0 Å². The molecule has 0 atom stereocenters. The summed E-state index contributed by atoms with van der Waals surface area (Å²) in [4.78, 5) is 30.3. The maximum atomic E-state index is 13.4. The number of hydrogen-bond acceptors (Lipinski definition) is 7. The third-order valence-corrected chi connectivity index (χ3v) is 6.27. The summed E-state index contributed by atoms with van der Waals surface area (Å²) in [6, 6.07) is 9.53. The lowest BCUT2D eigenvalue weighted by Gasteiger charge is -2.18. The molecule has 36 heavy (non-hydrogen) atoms. The van der Waals surface area contributed by atoms with Crippen molar-refractivity contribution in [2.75, 3.05) is 0 Å². The number of halogens is 3. The minimum absolute atomic E-state index is 0.0496. The maximum absolute atomic E-state index is 13.4. The summed E-state index contributed by atoms with van der Waals surface area (Å²) in [5, 5.41) is 10.7. The van der Waals surface area contributed by atoms with Crippen molar-refractivity contribution in [3.05, 3.63) is 91.3 Å². The van der Waals surface area contributed by atoms with Gasteiger partial charge in [0.2, 0.25) is 11.8 Å². The Kier molecular flexibility index (Phi) is 7.21. The van der Waals surface area contributed by atoms with Gasteiger partial charge in [-0.05, 0) is 73.5 Å². The minimum Gasteiger partial charge on any atom is -0.470 e. The molecule has 0 saturated carbocycles. The highest BCUT2D eigenvalue weighted by molar-refractivity contribution is 9.10. The smallest absolute Gasteiger partial charge is 0.276 e. The molecule has 1 aromatic carbocycles. The van der Waals surface area contributed by atoms with Crippen molar-refractivity contribution in [2.45, 2.75) is 39.9 Å². The average Bonchev–Trinajstić information content (AvgIpc) is 2.81. The highest BCUT2D eigenvalue weighted by Gasteiger charge is 2.22. The van der Waals surface area contributed by atoms with Gasteiger partial charge in [0.1, 0.15) is 22.5 Å². The van der Waals surface area contributed by atoms with Crippen LogP contribution in [0.15, 0.2) is 51.9 Å². The fraction of sp³-hybridized carbons (Fsp3) is 0.240. The number of aliphatic hydroxyl groups is 1. The summed E-state index contributed by atoms with van der Waals surface area (Å²) < 4.78 is 20.4. The van der Waals surface area contributed by atoms with Crippen molar-refractivity contribution in [3.8, 4) is 22.8 Å². The van der Waals surface area contributed by atoms with Crippen molar-refractivity contribution in [3.63, 3.8) is 0 Å². The van der Waals surface area contributed by atoms with Crippen LogP contribution in [0.4, 0.5) is 4.39 Å². The molecular weight excluding hydrogens is 553 g/mol. The predicted molar refractivity (Wildman–Crippen MR) is 137 cm³/mol. The van der Waals surface area contributed by atoms with Crippen LogP contribution in [0, 0.1) is 19.8 Å². The molecule has 4 aromatic rings. The van der Waals surface area contributed by atoms with E-state index in [2.05, 4.69) is 35.9 Å². The molecule has 186 valence electrons. The zero-order valence-electron chi connectivity index (χ0n) is 19.9. The highest BCUT2D eigenvalue weighted by atomic mass is 79.9. The van der Waals surface area contributed by atoms with E-state index in [0.717, 1.165) is 5.56 Å². The molecule has 0 aliphatic rings. The van der Waals surface area contributed by atoms with Crippen LogP contribution < -0.4 is 10.3 Å². The van der Waals surface area contributed by atoms with E-state index in [4.69, 9.17) is 16.3 Å². The first-order valence-electron chi connectivity index (χ1n) is 10.9. The van der Waals surface area contributed by atoms with Crippen molar-refractivity contribution in [1.29, 1.82) is 0 Å². The van der Waals surface area contributed by atoms with Gasteiger partial charge in [-0.2, -0.15) is 9.37 Å². The van der Waals surface area contributed by atoms with E-state index < -0.39 is 17.1 Å². The van der Waals surface area contributed by atoms with Crippen molar-refractivity contribution >= 4 is 27.5 Å². The van der Waals surface area contributed by atoms with Crippen LogP contribution in [0.2, 0.25) is 5.02 Å². The fourth-order valence-electron chi connectivity index (χ4n) is 3.50. The second-order valence-electron chi connectivity index (χ2n) is 8.61. The molecule has 0 amide bonds. The van der Waals surface area contributed by atoms with Crippen LogP contribution in [0.25, 0.3) is 16.9 Å². The van der Waals surface area contributed by atoms with Crippen LogP contribution in [-0.2, 0) is 12.2 Å². The molecule has 0 spiro atoms. The Morgan fingerprint density at radius 3 is 2.61 bits per heavy atom. The van der Waals surface area contributed by atoms with Crippen LogP contribution in [0.1, 0.15) is 36.8 Å². The van der Waals surface area contributed by atoms with E-state index in [-0.39, 0.29) is 22.8 Å². The van der Waals surface area contributed by atoms with E-state index in [9.17, 15) is 14.3 Å². The molecule has 0 unspecified atom stereocenters. The van der Waals surface area contributed by atoms with Gasteiger partial charge in [-0.1, -0.05) is 23.7 Å². The summed E-state index contributed by atoms with van der Waals surface area (Å²) in [5.74, 6) is 0.0130. The van der Waals surface area contributed by atoms with Gasteiger partial charge in [0.25, 0.3) is 5.56 Å². The Morgan fingerprint density at radius 2 is 1.92 bits per heavy atom. The standard InChI is InChI=1S/C25H22BrClFN5O3/c1-13-11-29-24(25(3,4)35)32-21(13)15-8-9-17(27)18(10-15)33-14(2)30-22(20(26)23(33)34)36-12-16-6-5-7-19(28)31-16/h5-11,35H,12H2,1-4H3. The molecule has 0 aliphatic carbocycles. The van der Waals surface area contributed by atoms with Gasteiger partial charge in [-0.25, -0.2) is 15.0 Å². The number of aryl methyl sites for hydroxylation is 2. The minimum atomic E-state index is -1.23. The Morgan fingerprint density at radius 1 is 1.17 bits per heavy atom. The molecule has 11 heteroatoms. The zero-order valence-corrected chi connectivity index (χ0v) is 22.2. The quantitative estimate of drug-likeness (QED) is 0.321. The van der Waals surface area contributed by atoms with Crippen molar-refractivity contribution < 1.29 is 14.2 Å². The number of nitrogens with zero attached hydrogens (tertiary/aromatic N) is 5. The van der Waals surface area contributed by atoms with E-state index in [1.165, 1.54) is 16.7 Å².